The van der Waals surface area contributed by atoms with Crippen LogP contribution in [0, 0.1) is 5.92 Å². The fourth-order valence-corrected chi connectivity index (χ4v) is 4.86. The second kappa shape index (κ2) is 12.0. The zero-order valence-corrected chi connectivity index (χ0v) is 22.0. The molecule has 2 aliphatic rings. The van der Waals surface area contributed by atoms with Crippen LogP contribution in [0.15, 0.2) is 24.3 Å². The average molecular weight is 537 g/mol. The maximum Gasteiger partial charge on any atom is 0.573 e. The molecular formula is C25H35F3N8O2. The van der Waals surface area contributed by atoms with Crippen LogP contribution in [0.4, 0.5) is 31.0 Å². The molecule has 13 heteroatoms. The fraction of sp³-hybridized carbons (Fsp3) is 0.600. The third-order valence-electron chi connectivity index (χ3n) is 7.20. The van der Waals surface area contributed by atoms with Crippen LogP contribution in [0.1, 0.15) is 31.2 Å². The van der Waals surface area contributed by atoms with E-state index >= 15 is 0 Å². The van der Waals surface area contributed by atoms with E-state index in [-0.39, 0.29) is 35.7 Å². The van der Waals surface area contributed by atoms with Crippen LogP contribution in [0.3, 0.4) is 0 Å². The Bertz CT molecular complexity index is 1090. The molecular weight excluding hydrogens is 501 g/mol. The summed E-state index contributed by atoms with van der Waals surface area (Å²) in [5, 5.41) is 5.81. The molecule has 2 fully saturated rings. The number of alkyl halides is 3. The van der Waals surface area contributed by atoms with Crippen LogP contribution >= 0.6 is 0 Å². The van der Waals surface area contributed by atoms with E-state index in [0.717, 1.165) is 39.0 Å². The molecule has 1 aliphatic heterocycles. The normalized spacial score (nSPS) is 20.6. The summed E-state index contributed by atoms with van der Waals surface area (Å²) in [7, 11) is 5.84. The van der Waals surface area contributed by atoms with E-state index in [0.29, 0.717) is 30.7 Å². The summed E-state index contributed by atoms with van der Waals surface area (Å²) < 4.78 is 42.1. The van der Waals surface area contributed by atoms with E-state index < -0.39 is 6.36 Å². The van der Waals surface area contributed by atoms with Gasteiger partial charge in [-0.1, -0.05) is 18.2 Å². The van der Waals surface area contributed by atoms with Gasteiger partial charge in [0.2, 0.25) is 23.8 Å². The van der Waals surface area contributed by atoms with Crippen LogP contribution in [0.5, 0.6) is 5.75 Å². The molecule has 0 atom stereocenters. The average Bonchev–Trinajstić information content (AvgIpc) is 2.91. The molecule has 1 aliphatic carbocycles. The minimum Gasteiger partial charge on any atom is -0.405 e. The number of amides is 1. The van der Waals surface area contributed by atoms with Crippen LogP contribution < -0.4 is 25.2 Å². The summed E-state index contributed by atoms with van der Waals surface area (Å²) in [6.07, 6.45) is -1.92. The lowest BCUT2D eigenvalue weighted by Gasteiger charge is -2.35. The molecule has 0 radical (unpaired) electrons. The Morgan fingerprint density at radius 1 is 1.08 bits per heavy atom. The third-order valence-corrected chi connectivity index (χ3v) is 7.20. The molecule has 2 aromatic rings. The van der Waals surface area contributed by atoms with Crippen LogP contribution in [-0.4, -0.2) is 85.5 Å². The monoisotopic (exact) mass is 536 g/mol. The number of aromatic nitrogens is 3. The van der Waals surface area contributed by atoms with Crippen molar-refractivity contribution in [1.82, 2.24) is 25.2 Å². The molecule has 0 spiro atoms. The zero-order valence-electron chi connectivity index (χ0n) is 22.0. The van der Waals surface area contributed by atoms with E-state index in [1.54, 1.807) is 13.1 Å². The maximum absolute atomic E-state index is 12.8. The van der Waals surface area contributed by atoms with Crippen molar-refractivity contribution in [2.75, 3.05) is 62.4 Å². The number of hydrogen-bond acceptors (Lipinski definition) is 9. The van der Waals surface area contributed by atoms with Crippen molar-refractivity contribution in [3.63, 3.8) is 0 Å². The quantitative estimate of drug-likeness (QED) is 0.528. The number of nitrogens with zero attached hydrogens (tertiary/aromatic N) is 6. The van der Waals surface area contributed by atoms with Crippen LogP contribution in [0.25, 0.3) is 0 Å². The topological polar surface area (TPSA) is 98.8 Å². The number of carbonyl (C=O) groups excluding carboxylic acids is 1. The van der Waals surface area contributed by atoms with Crippen molar-refractivity contribution in [3.8, 4) is 5.75 Å². The highest BCUT2D eigenvalue weighted by Gasteiger charge is 2.33. The first-order valence-electron chi connectivity index (χ1n) is 12.8. The molecule has 1 saturated heterocycles. The minimum absolute atomic E-state index is 0.0301. The van der Waals surface area contributed by atoms with E-state index in [9.17, 15) is 18.0 Å². The van der Waals surface area contributed by atoms with Gasteiger partial charge in [-0.3, -0.25) is 4.79 Å². The first-order valence-corrected chi connectivity index (χ1v) is 12.8. The van der Waals surface area contributed by atoms with Crippen molar-refractivity contribution in [3.05, 3.63) is 29.8 Å². The number of ether oxygens (including phenoxy) is 1. The van der Waals surface area contributed by atoms with Gasteiger partial charge in [0, 0.05) is 64.3 Å². The summed E-state index contributed by atoms with van der Waals surface area (Å²) in [5.41, 5.74) is 0.276. The Morgan fingerprint density at radius 3 is 2.42 bits per heavy atom. The van der Waals surface area contributed by atoms with E-state index in [4.69, 9.17) is 4.98 Å². The van der Waals surface area contributed by atoms with Crippen LogP contribution in [0.2, 0.25) is 0 Å². The van der Waals surface area contributed by atoms with Gasteiger partial charge >= 0.3 is 6.36 Å². The number of nitrogens with one attached hydrogen (secondary N) is 2. The summed E-state index contributed by atoms with van der Waals surface area (Å²) in [4.78, 5) is 33.2. The Morgan fingerprint density at radius 2 is 1.76 bits per heavy atom. The van der Waals surface area contributed by atoms with Gasteiger partial charge in [-0.15, -0.1) is 13.2 Å². The number of para-hydroxylation sites is 1. The molecule has 1 aromatic carbocycles. The van der Waals surface area contributed by atoms with Gasteiger partial charge in [0.15, 0.2) is 0 Å². The molecule has 0 bridgehead atoms. The van der Waals surface area contributed by atoms with Crippen molar-refractivity contribution < 1.29 is 22.7 Å². The third kappa shape index (κ3) is 7.15. The predicted molar refractivity (Wildman–Crippen MR) is 138 cm³/mol. The Hall–Kier alpha value is -3.35. The molecule has 1 aromatic heterocycles. The van der Waals surface area contributed by atoms with E-state index in [2.05, 4.69) is 47.1 Å². The molecule has 1 saturated carbocycles. The van der Waals surface area contributed by atoms with Gasteiger partial charge in [0.05, 0.1) is 0 Å². The highest BCUT2D eigenvalue weighted by molar-refractivity contribution is 5.78. The largest absolute Gasteiger partial charge is 0.573 e. The molecule has 2 heterocycles. The lowest BCUT2D eigenvalue weighted by atomic mass is 9.85. The second-order valence-corrected chi connectivity index (χ2v) is 9.79. The lowest BCUT2D eigenvalue weighted by molar-refractivity contribution is -0.274. The fourth-order valence-electron chi connectivity index (χ4n) is 4.86. The van der Waals surface area contributed by atoms with Gasteiger partial charge in [0.1, 0.15) is 5.75 Å². The van der Waals surface area contributed by atoms with E-state index in [1.165, 1.54) is 18.2 Å². The van der Waals surface area contributed by atoms with Gasteiger partial charge in [-0.2, -0.15) is 15.0 Å². The van der Waals surface area contributed by atoms with Crippen LogP contribution in [-0.2, 0) is 11.3 Å². The predicted octanol–water partition coefficient (Wildman–Crippen LogP) is 2.88. The number of benzene rings is 1. The number of anilines is 3. The molecule has 10 nitrogen and oxygen atoms in total. The molecule has 1 amide bonds. The molecule has 0 unspecified atom stereocenters. The van der Waals surface area contributed by atoms with Crippen molar-refractivity contribution in [2.45, 2.75) is 44.6 Å². The zero-order chi connectivity index (χ0) is 27.3. The number of likely N-dealkylation sites (N-methyl/N-ethyl adjacent to an activating group) is 1. The number of rotatable bonds is 8. The van der Waals surface area contributed by atoms with Gasteiger partial charge in [-0.25, -0.2) is 0 Å². The number of halogens is 3. The first kappa shape index (κ1) is 27.7. The Balaban J connectivity index is 1.33. The van der Waals surface area contributed by atoms with Gasteiger partial charge in [0.25, 0.3) is 0 Å². The molecule has 208 valence electrons. The second-order valence-electron chi connectivity index (χ2n) is 9.79. The highest BCUT2D eigenvalue weighted by atomic mass is 19.4. The Kier molecular flexibility index (Phi) is 8.75. The number of carbonyl (C=O) groups is 1. The van der Waals surface area contributed by atoms with Crippen molar-refractivity contribution in [2.24, 2.45) is 5.92 Å². The molecule has 38 heavy (non-hydrogen) atoms. The lowest BCUT2D eigenvalue weighted by Crippen LogP contribution is -2.45. The summed E-state index contributed by atoms with van der Waals surface area (Å²) >= 11 is 0. The van der Waals surface area contributed by atoms with Gasteiger partial charge in [-0.05, 0) is 38.8 Å². The maximum atomic E-state index is 12.8. The van der Waals surface area contributed by atoms with Gasteiger partial charge < -0.3 is 30.1 Å². The highest BCUT2D eigenvalue weighted by Crippen LogP contribution is 2.30. The van der Waals surface area contributed by atoms with Crippen molar-refractivity contribution >= 4 is 23.8 Å². The summed E-state index contributed by atoms with van der Waals surface area (Å²) in [5.74, 6) is 1.08. The van der Waals surface area contributed by atoms with E-state index in [1.807, 2.05) is 7.05 Å². The SMILES string of the molecule is CNc1nc(N2CCN(C)CC2)nc(N(C)[C@H]2CC[C@@H](C(=O)NCc3ccccc3OC(F)(F)F)CC2)n1. The summed E-state index contributed by atoms with van der Waals surface area (Å²) in [6, 6.07) is 5.99. The standard InChI is InChI=1S/C25H35F3N8O2/c1-29-22-31-23(33-24(32-22)36-14-12-34(2)13-15-36)35(3)19-10-8-17(9-11-19)21(37)30-16-18-6-4-5-7-20(18)38-25(26,27)28/h4-7,17,19H,8-16H2,1-3H3,(H,30,37)(H,29,31,32,33)/t17-,19+. The molecule has 2 N–H and O–H groups in total. The first-order chi connectivity index (χ1) is 18.1. The summed E-state index contributed by atoms with van der Waals surface area (Å²) in [6.45, 7) is 3.55. The number of hydrogen-bond donors (Lipinski definition) is 2. The molecule has 4 rings (SSSR count). The van der Waals surface area contributed by atoms with Crippen molar-refractivity contribution in [1.29, 1.82) is 0 Å². The Labute approximate surface area is 220 Å². The number of piperazine rings is 1. The minimum atomic E-state index is -4.79. The smallest absolute Gasteiger partial charge is 0.405 e.